The fraction of sp³-hybridized carbons (Fsp3) is 0.222. The van der Waals surface area contributed by atoms with E-state index in [-0.39, 0.29) is 5.91 Å². The van der Waals surface area contributed by atoms with Crippen molar-refractivity contribution in [2.75, 3.05) is 12.0 Å². The van der Waals surface area contributed by atoms with E-state index in [9.17, 15) is 9.59 Å². The average Bonchev–Trinajstić information content (AvgIpc) is 2.64. The summed E-state index contributed by atoms with van der Waals surface area (Å²) in [5.74, 6) is -0.222. The van der Waals surface area contributed by atoms with Gasteiger partial charge in [0.05, 0.1) is 7.11 Å². The van der Waals surface area contributed by atoms with E-state index in [1.165, 1.54) is 12.0 Å². The first-order chi connectivity index (χ1) is 11.7. The molecule has 1 heterocycles. The molecule has 0 unspecified atom stereocenters. The van der Waals surface area contributed by atoms with Gasteiger partial charge in [0.2, 0.25) is 6.10 Å². The van der Waals surface area contributed by atoms with Crippen molar-refractivity contribution in [3.63, 3.8) is 0 Å². The Hall–Kier alpha value is -2.34. The van der Waals surface area contributed by atoms with Crippen LogP contribution in [0.25, 0.3) is 0 Å². The standard InChI is InChI=1S/C18H16BrNO4/c1-23-18(22)15-16(24-13-8-3-2-4-9-13)17(21)20(15)14-10-6-5-7-12(14)11-19/h2-10,15-16H,11H2,1H3/t15-,16+/m0/s1. The zero-order chi connectivity index (χ0) is 17.1. The number of nitrogens with zero attached hydrogens (tertiary/aromatic N) is 1. The Bertz CT molecular complexity index is 750. The smallest absolute Gasteiger partial charge is 0.333 e. The van der Waals surface area contributed by atoms with Crippen LogP contribution in [0.5, 0.6) is 5.75 Å². The fourth-order valence-corrected chi connectivity index (χ4v) is 3.17. The first-order valence-electron chi connectivity index (χ1n) is 7.44. The number of ether oxygens (including phenoxy) is 2. The van der Waals surface area contributed by atoms with Crippen molar-refractivity contribution in [3.05, 3.63) is 60.2 Å². The fourth-order valence-electron chi connectivity index (χ4n) is 2.70. The van der Waals surface area contributed by atoms with Crippen LogP contribution in [-0.2, 0) is 19.7 Å². The number of hydrogen-bond acceptors (Lipinski definition) is 4. The molecular weight excluding hydrogens is 374 g/mol. The van der Waals surface area contributed by atoms with Gasteiger partial charge in [-0.05, 0) is 23.8 Å². The van der Waals surface area contributed by atoms with Crippen LogP contribution in [0.2, 0.25) is 0 Å². The number of esters is 1. The van der Waals surface area contributed by atoms with Gasteiger partial charge in [0.15, 0.2) is 6.04 Å². The van der Waals surface area contributed by atoms with Crippen LogP contribution >= 0.6 is 15.9 Å². The molecule has 5 nitrogen and oxygen atoms in total. The zero-order valence-corrected chi connectivity index (χ0v) is 14.6. The molecule has 2 aromatic carbocycles. The molecule has 6 heteroatoms. The van der Waals surface area contributed by atoms with Crippen molar-refractivity contribution < 1.29 is 19.1 Å². The predicted octanol–water partition coefficient (Wildman–Crippen LogP) is 2.92. The summed E-state index contributed by atoms with van der Waals surface area (Å²) in [5.41, 5.74) is 1.60. The lowest BCUT2D eigenvalue weighted by atomic mass is 9.95. The van der Waals surface area contributed by atoms with Crippen LogP contribution in [0, 0.1) is 0 Å². The summed E-state index contributed by atoms with van der Waals surface area (Å²) < 4.78 is 10.6. The van der Waals surface area contributed by atoms with Crippen LogP contribution in [0.3, 0.4) is 0 Å². The number of methoxy groups -OCH3 is 1. The van der Waals surface area contributed by atoms with Crippen LogP contribution in [0.1, 0.15) is 5.56 Å². The number of hydrogen-bond donors (Lipinski definition) is 0. The van der Waals surface area contributed by atoms with E-state index in [2.05, 4.69) is 15.9 Å². The Labute approximate surface area is 148 Å². The number of alkyl halides is 1. The second kappa shape index (κ2) is 7.05. The van der Waals surface area contributed by atoms with Crippen LogP contribution in [-0.4, -0.2) is 31.1 Å². The van der Waals surface area contributed by atoms with E-state index < -0.39 is 18.1 Å². The van der Waals surface area contributed by atoms with Crippen molar-refractivity contribution >= 4 is 33.5 Å². The van der Waals surface area contributed by atoms with Crippen LogP contribution in [0.15, 0.2) is 54.6 Å². The minimum absolute atomic E-state index is 0.261. The van der Waals surface area contributed by atoms with Gasteiger partial charge in [0.1, 0.15) is 5.75 Å². The Morgan fingerprint density at radius 2 is 1.79 bits per heavy atom. The minimum Gasteiger partial charge on any atom is -0.478 e. The predicted molar refractivity (Wildman–Crippen MR) is 93.2 cm³/mol. The average molecular weight is 390 g/mol. The van der Waals surface area contributed by atoms with Crippen LogP contribution < -0.4 is 9.64 Å². The lowest BCUT2D eigenvalue weighted by Crippen LogP contribution is -2.70. The van der Waals surface area contributed by atoms with E-state index in [0.717, 1.165) is 5.56 Å². The monoisotopic (exact) mass is 389 g/mol. The molecule has 1 amide bonds. The minimum atomic E-state index is -0.886. The molecule has 1 aliphatic rings. The van der Waals surface area contributed by atoms with Gasteiger partial charge in [-0.2, -0.15) is 0 Å². The molecule has 0 spiro atoms. The highest BCUT2D eigenvalue weighted by Crippen LogP contribution is 2.34. The third kappa shape index (κ3) is 2.89. The summed E-state index contributed by atoms with van der Waals surface area (Å²) in [7, 11) is 1.30. The molecule has 2 atom stereocenters. The first-order valence-corrected chi connectivity index (χ1v) is 8.56. The van der Waals surface area contributed by atoms with Gasteiger partial charge in [0, 0.05) is 11.0 Å². The summed E-state index contributed by atoms with van der Waals surface area (Å²) in [6.45, 7) is 0. The van der Waals surface area contributed by atoms with Crippen molar-refractivity contribution in [2.24, 2.45) is 0 Å². The number of carbonyl (C=O) groups is 2. The molecule has 0 bridgehead atoms. The van der Waals surface area contributed by atoms with Gasteiger partial charge in [-0.1, -0.05) is 52.3 Å². The molecule has 1 aliphatic heterocycles. The highest BCUT2D eigenvalue weighted by molar-refractivity contribution is 9.08. The van der Waals surface area contributed by atoms with E-state index in [1.807, 2.05) is 42.5 Å². The van der Waals surface area contributed by atoms with E-state index in [1.54, 1.807) is 12.1 Å². The Kier molecular flexibility index (Phi) is 4.85. The van der Waals surface area contributed by atoms with Crippen LogP contribution in [0.4, 0.5) is 5.69 Å². The number of anilines is 1. The van der Waals surface area contributed by atoms with Crippen molar-refractivity contribution in [3.8, 4) is 5.75 Å². The van der Waals surface area contributed by atoms with E-state index in [0.29, 0.717) is 16.8 Å². The number of benzene rings is 2. The molecule has 0 aliphatic carbocycles. The van der Waals surface area contributed by atoms with Crippen molar-refractivity contribution in [1.29, 1.82) is 0 Å². The van der Waals surface area contributed by atoms with Gasteiger partial charge >= 0.3 is 5.97 Å². The maximum Gasteiger partial charge on any atom is 0.333 e. The summed E-state index contributed by atoms with van der Waals surface area (Å²) in [5, 5.41) is 0.574. The van der Waals surface area contributed by atoms with Crippen molar-refractivity contribution in [1.82, 2.24) is 0 Å². The van der Waals surface area contributed by atoms with E-state index >= 15 is 0 Å². The molecule has 124 valence electrons. The first kappa shape index (κ1) is 16.5. The largest absolute Gasteiger partial charge is 0.478 e. The molecule has 0 saturated carbocycles. The topological polar surface area (TPSA) is 55.8 Å². The molecule has 24 heavy (non-hydrogen) atoms. The van der Waals surface area contributed by atoms with Gasteiger partial charge in [-0.15, -0.1) is 0 Å². The number of rotatable bonds is 5. The van der Waals surface area contributed by atoms with Gasteiger partial charge in [-0.3, -0.25) is 9.69 Å². The molecular formula is C18H16BrNO4. The Balaban J connectivity index is 1.91. The molecule has 2 aromatic rings. The van der Waals surface area contributed by atoms with Gasteiger partial charge in [0.25, 0.3) is 5.91 Å². The number of amides is 1. The highest BCUT2D eigenvalue weighted by Gasteiger charge is 2.55. The number of para-hydroxylation sites is 2. The molecule has 0 radical (unpaired) electrons. The lowest BCUT2D eigenvalue weighted by molar-refractivity contribution is -0.154. The van der Waals surface area contributed by atoms with E-state index in [4.69, 9.17) is 9.47 Å². The maximum absolute atomic E-state index is 12.6. The highest BCUT2D eigenvalue weighted by atomic mass is 79.9. The van der Waals surface area contributed by atoms with Gasteiger partial charge in [-0.25, -0.2) is 4.79 Å². The Morgan fingerprint density at radius 3 is 2.46 bits per heavy atom. The second-order valence-corrected chi connectivity index (χ2v) is 5.85. The summed E-state index contributed by atoms with van der Waals surface area (Å²) in [6, 6.07) is 15.6. The quantitative estimate of drug-likeness (QED) is 0.448. The maximum atomic E-state index is 12.6. The molecule has 0 N–H and O–H groups in total. The number of halogens is 1. The lowest BCUT2D eigenvalue weighted by Gasteiger charge is -2.44. The Morgan fingerprint density at radius 1 is 1.12 bits per heavy atom. The van der Waals surface area contributed by atoms with Gasteiger partial charge < -0.3 is 9.47 Å². The number of carbonyl (C=O) groups excluding carboxylic acids is 2. The zero-order valence-electron chi connectivity index (χ0n) is 13.0. The summed E-state index contributed by atoms with van der Waals surface area (Å²) in [4.78, 5) is 26.3. The third-order valence-corrected chi connectivity index (χ3v) is 4.49. The number of β-lactam (4-membered cyclic amide) rings is 1. The summed E-state index contributed by atoms with van der Waals surface area (Å²) in [6.07, 6.45) is -0.886. The van der Waals surface area contributed by atoms with Crippen molar-refractivity contribution in [2.45, 2.75) is 17.5 Å². The molecule has 1 fully saturated rings. The third-order valence-electron chi connectivity index (χ3n) is 3.89. The second-order valence-electron chi connectivity index (χ2n) is 5.29. The summed E-state index contributed by atoms with van der Waals surface area (Å²) >= 11 is 3.41. The molecule has 1 saturated heterocycles. The normalized spacial score (nSPS) is 19.6. The molecule has 0 aromatic heterocycles. The SMILES string of the molecule is COC(=O)[C@@H]1[C@@H](Oc2ccccc2)C(=O)N1c1ccccc1CBr. The molecule has 3 rings (SSSR count).